The van der Waals surface area contributed by atoms with E-state index in [0.717, 1.165) is 13.1 Å². The second kappa shape index (κ2) is 5.54. The van der Waals surface area contributed by atoms with Gasteiger partial charge in [-0.05, 0) is 54.7 Å². The van der Waals surface area contributed by atoms with Crippen LogP contribution in [0.2, 0.25) is 0 Å². The maximum Gasteiger partial charge on any atom is 0.0375 e. The Morgan fingerprint density at radius 2 is 2.16 bits per heavy atom. The molecule has 0 aromatic heterocycles. The van der Waals surface area contributed by atoms with E-state index in [4.69, 9.17) is 0 Å². The number of anilines is 1. The molecule has 2 heteroatoms. The molecular formula is C17H26N2. The van der Waals surface area contributed by atoms with E-state index >= 15 is 0 Å². The SMILES string of the molecule is CCC1(CNCc2cccc3c2CCCN3)CCC1. The van der Waals surface area contributed by atoms with E-state index in [0.29, 0.717) is 5.41 Å². The van der Waals surface area contributed by atoms with E-state index in [2.05, 4.69) is 35.8 Å². The Morgan fingerprint density at radius 1 is 1.26 bits per heavy atom. The van der Waals surface area contributed by atoms with Crippen LogP contribution in [0.3, 0.4) is 0 Å². The molecule has 2 N–H and O–H groups in total. The van der Waals surface area contributed by atoms with Crippen molar-refractivity contribution in [1.82, 2.24) is 5.32 Å². The van der Waals surface area contributed by atoms with Gasteiger partial charge in [0.15, 0.2) is 0 Å². The highest BCUT2D eigenvalue weighted by Gasteiger charge is 2.34. The molecule has 1 aromatic carbocycles. The zero-order valence-corrected chi connectivity index (χ0v) is 12.1. The van der Waals surface area contributed by atoms with Gasteiger partial charge in [-0.15, -0.1) is 0 Å². The normalized spacial score (nSPS) is 20.3. The van der Waals surface area contributed by atoms with Crippen LogP contribution in [0.15, 0.2) is 18.2 Å². The van der Waals surface area contributed by atoms with E-state index in [-0.39, 0.29) is 0 Å². The van der Waals surface area contributed by atoms with Gasteiger partial charge >= 0.3 is 0 Å². The van der Waals surface area contributed by atoms with Gasteiger partial charge in [-0.2, -0.15) is 0 Å². The second-order valence-corrected chi connectivity index (χ2v) is 6.28. The van der Waals surface area contributed by atoms with Gasteiger partial charge in [0.1, 0.15) is 0 Å². The molecule has 0 atom stereocenters. The Kier molecular flexibility index (Phi) is 3.79. The van der Waals surface area contributed by atoms with Gasteiger partial charge in [0, 0.05) is 25.3 Å². The number of rotatable bonds is 5. The molecular weight excluding hydrogens is 232 g/mol. The molecule has 19 heavy (non-hydrogen) atoms. The molecule has 1 fully saturated rings. The third kappa shape index (κ3) is 2.64. The fourth-order valence-corrected chi connectivity index (χ4v) is 3.54. The number of hydrogen-bond acceptors (Lipinski definition) is 2. The number of hydrogen-bond donors (Lipinski definition) is 2. The molecule has 2 aliphatic rings. The van der Waals surface area contributed by atoms with Crippen molar-refractivity contribution in [3.05, 3.63) is 29.3 Å². The summed E-state index contributed by atoms with van der Waals surface area (Å²) >= 11 is 0. The summed E-state index contributed by atoms with van der Waals surface area (Å²) in [6.07, 6.45) is 8.10. The molecule has 0 amide bonds. The molecule has 0 unspecified atom stereocenters. The minimum absolute atomic E-state index is 0.618. The Morgan fingerprint density at radius 3 is 2.89 bits per heavy atom. The first kappa shape index (κ1) is 13.0. The lowest BCUT2D eigenvalue weighted by Gasteiger charge is -2.41. The van der Waals surface area contributed by atoms with Crippen molar-refractivity contribution in [1.29, 1.82) is 0 Å². The maximum atomic E-state index is 3.72. The van der Waals surface area contributed by atoms with Crippen molar-refractivity contribution in [3.8, 4) is 0 Å². The van der Waals surface area contributed by atoms with Gasteiger partial charge in [-0.25, -0.2) is 0 Å². The highest BCUT2D eigenvalue weighted by molar-refractivity contribution is 5.56. The summed E-state index contributed by atoms with van der Waals surface area (Å²) < 4.78 is 0. The Hall–Kier alpha value is -1.02. The van der Waals surface area contributed by atoms with Crippen LogP contribution in [0.1, 0.15) is 50.2 Å². The van der Waals surface area contributed by atoms with Gasteiger partial charge in [0.05, 0.1) is 0 Å². The Bertz CT molecular complexity index is 429. The van der Waals surface area contributed by atoms with E-state index in [1.165, 1.54) is 56.3 Å². The van der Waals surface area contributed by atoms with Gasteiger partial charge in [0.25, 0.3) is 0 Å². The summed E-state index contributed by atoms with van der Waals surface area (Å²) in [4.78, 5) is 0. The molecule has 0 spiro atoms. The first-order valence-electron chi connectivity index (χ1n) is 7.88. The second-order valence-electron chi connectivity index (χ2n) is 6.28. The summed E-state index contributed by atoms with van der Waals surface area (Å²) in [6, 6.07) is 6.70. The molecule has 0 bridgehead atoms. The molecule has 104 valence electrons. The third-order valence-corrected chi connectivity index (χ3v) is 5.17. The molecule has 3 rings (SSSR count). The smallest absolute Gasteiger partial charge is 0.0375 e. The first-order chi connectivity index (χ1) is 9.33. The molecule has 1 aliphatic carbocycles. The van der Waals surface area contributed by atoms with Gasteiger partial charge < -0.3 is 10.6 Å². The zero-order valence-electron chi connectivity index (χ0n) is 12.1. The van der Waals surface area contributed by atoms with Crippen molar-refractivity contribution in [2.45, 2.75) is 52.0 Å². The van der Waals surface area contributed by atoms with Crippen molar-refractivity contribution in [3.63, 3.8) is 0 Å². The molecule has 0 saturated heterocycles. The number of benzene rings is 1. The quantitative estimate of drug-likeness (QED) is 0.841. The summed E-state index contributed by atoms with van der Waals surface area (Å²) in [6.45, 7) is 5.70. The summed E-state index contributed by atoms with van der Waals surface area (Å²) in [7, 11) is 0. The third-order valence-electron chi connectivity index (χ3n) is 5.17. The summed E-state index contributed by atoms with van der Waals surface area (Å²) in [5.41, 5.74) is 5.02. The minimum Gasteiger partial charge on any atom is -0.385 e. The van der Waals surface area contributed by atoms with Crippen LogP contribution in [-0.4, -0.2) is 13.1 Å². The van der Waals surface area contributed by atoms with E-state index in [1.807, 2.05) is 0 Å². The number of nitrogens with one attached hydrogen (secondary N) is 2. The van der Waals surface area contributed by atoms with Gasteiger partial charge in [-0.3, -0.25) is 0 Å². The summed E-state index contributed by atoms with van der Waals surface area (Å²) in [5, 5.41) is 7.23. The van der Waals surface area contributed by atoms with Crippen LogP contribution in [0.5, 0.6) is 0 Å². The monoisotopic (exact) mass is 258 g/mol. The van der Waals surface area contributed by atoms with E-state index in [9.17, 15) is 0 Å². The predicted octanol–water partition coefficient (Wildman–Crippen LogP) is 3.71. The Labute approximate surface area is 117 Å². The number of fused-ring (bicyclic) bond motifs is 1. The molecule has 2 nitrogen and oxygen atoms in total. The fraction of sp³-hybridized carbons (Fsp3) is 0.647. The lowest BCUT2D eigenvalue weighted by molar-refractivity contribution is 0.124. The molecule has 1 aliphatic heterocycles. The van der Waals surface area contributed by atoms with Crippen LogP contribution in [-0.2, 0) is 13.0 Å². The first-order valence-corrected chi connectivity index (χ1v) is 7.88. The lowest BCUT2D eigenvalue weighted by atomic mass is 9.67. The van der Waals surface area contributed by atoms with E-state index in [1.54, 1.807) is 5.56 Å². The van der Waals surface area contributed by atoms with Crippen LogP contribution in [0.4, 0.5) is 5.69 Å². The van der Waals surface area contributed by atoms with Crippen LogP contribution >= 0.6 is 0 Å². The van der Waals surface area contributed by atoms with Crippen molar-refractivity contribution >= 4 is 5.69 Å². The lowest BCUT2D eigenvalue weighted by Crippen LogP contribution is -2.39. The zero-order chi connectivity index (χ0) is 13.1. The average Bonchev–Trinajstić information content (AvgIpc) is 2.42. The van der Waals surface area contributed by atoms with E-state index < -0.39 is 0 Å². The standard InChI is InChI=1S/C17H26N2/c1-2-17(9-5-10-17)13-18-12-14-6-3-8-16-15(14)7-4-11-19-16/h3,6,8,18-19H,2,4-5,7,9-13H2,1H3. The van der Waals surface area contributed by atoms with Crippen LogP contribution < -0.4 is 10.6 Å². The molecule has 1 aromatic rings. The topological polar surface area (TPSA) is 24.1 Å². The van der Waals surface area contributed by atoms with Crippen molar-refractivity contribution < 1.29 is 0 Å². The minimum atomic E-state index is 0.618. The average molecular weight is 258 g/mol. The van der Waals surface area contributed by atoms with Crippen LogP contribution in [0.25, 0.3) is 0 Å². The van der Waals surface area contributed by atoms with Crippen molar-refractivity contribution in [2.24, 2.45) is 5.41 Å². The fourth-order valence-electron chi connectivity index (χ4n) is 3.54. The molecule has 1 saturated carbocycles. The molecule has 1 heterocycles. The van der Waals surface area contributed by atoms with Gasteiger partial charge in [-0.1, -0.05) is 25.5 Å². The van der Waals surface area contributed by atoms with Crippen molar-refractivity contribution in [2.75, 3.05) is 18.4 Å². The Balaban J connectivity index is 1.61. The maximum absolute atomic E-state index is 3.72. The van der Waals surface area contributed by atoms with Crippen LogP contribution in [0, 0.1) is 5.41 Å². The molecule has 0 radical (unpaired) electrons. The highest BCUT2D eigenvalue weighted by Crippen LogP contribution is 2.43. The summed E-state index contributed by atoms with van der Waals surface area (Å²) in [5.74, 6) is 0. The largest absolute Gasteiger partial charge is 0.385 e. The highest BCUT2D eigenvalue weighted by atomic mass is 14.9. The predicted molar refractivity (Wildman–Crippen MR) is 81.5 cm³/mol. The van der Waals surface area contributed by atoms with Gasteiger partial charge in [0.2, 0.25) is 0 Å².